The van der Waals surface area contributed by atoms with Crippen molar-refractivity contribution >= 4 is 35.1 Å². The van der Waals surface area contributed by atoms with Gasteiger partial charge in [-0.05, 0) is 42.8 Å². The van der Waals surface area contributed by atoms with Crippen LogP contribution < -0.4 is 5.32 Å². The molecule has 0 aromatic heterocycles. The van der Waals surface area contributed by atoms with Gasteiger partial charge in [-0.1, -0.05) is 12.1 Å². The fraction of sp³-hybridized carbons (Fsp3) is 0.211. The van der Waals surface area contributed by atoms with E-state index in [0.717, 1.165) is 17.3 Å². The summed E-state index contributed by atoms with van der Waals surface area (Å²) in [4.78, 5) is 36.0. The fourth-order valence-corrected chi connectivity index (χ4v) is 3.30. The van der Waals surface area contributed by atoms with Crippen LogP contribution in [0, 0.1) is 5.82 Å². The van der Waals surface area contributed by atoms with Crippen LogP contribution in [0.25, 0.3) is 0 Å². The van der Waals surface area contributed by atoms with Crippen LogP contribution in [0.2, 0.25) is 0 Å². The Bertz CT molecular complexity index is 884. The lowest BCUT2D eigenvalue weighted by molar-refractivity contribution is -0.139. The molecule has 134 valence electrons. The van der Waals surface area contributed by atoms with Gasteiger partial charge in [0.25, 0.3) is 0 Å². The largest absolute Gasteiger partial charge is 0.457 e. The molecule has 2 aromatic rings. The third kappa shape index (κ3) is 3.94. The monoisotopic (exact) mass is 373 g/mol. The molecule has 5 nitrogen and oxygen atoms in total. The van der Waals surface area contributed by atoms with Gasteiger partial charge in [0.05, 0.1) is 11.7 Å². The van der Waals surface area contributed by atoms with E-state index < -0.39 is 18.4 Å². The number of hydrogen-bond acceptors (Lipinski definition) is 5. The quantitative estimate of drug-likeness (QED) is 0.477. The number of hydrogen-bond donors (Lipinski definition) is 1. The summed E-state index contributed by atoms with van der Waals surface area (Å²) in [6, 6.07) is 11.0. The number of benzene rings is 2. The van der Waals surface area contributed by atoms with Crippen LogP contribution in [-0.2, 0) is 14.3 Å². The van der Waals surface area contributed by atoms with E-state index in [9.17, 15) is 18.8 Å². The van der Waals surface area contributed by atoms with Gasteiger partial charge in [-0.3, -0.25) is 14.4 Å². The summed E-state index contributed by atoms with van der Waals surface area (Å²) in [5.74, 6) is -1.88. The fourth-order valence-electron chi connectivity index (χ4n) is 2.56. The molecular weight excluding hydrogens is 357 g/mol. The number of rotatable bonds is 6. The second-order valence-corrected chi connectivity index (χ2v) is 6.83. The van der Waals surface area contributed by atoms with Gasteiger partial charge in [0.15, 0.2) is 12.4 Å². The minimum Gasteiger partial charge on any atom is -0.457 e. The first-order valence-corrected chi connectivity index (χ1v) is 8.95. The Morgan fingerprint density at radius 2 is 2.00 bits per heavy atom. The summed E-state index contributed by atoms with van der Waals surface area (Å²) in [6.07, 6.45) is 0. The molecule has 1 amide bonds. The number of anilines is 1. The smallest absolute Gasteiger partial charge is 0.316 e. The van der Waals surface area contributed by atoms with Crippen LogP contribution in [0.15, 0.2) is 47.4 Å². The summed E-state index contributed by atoms with van der Waals surface area (Å²) in [5.41, 5.74) is 1.82. The molecule has 1 atom stereocenters. The van der Waals surface area contributed by atoms with Gasteiger partial charge in [-0.2, -0.15) is 0 Å². The molecule has 0 spiro atoms. The Morgan fingerprint density at radius 1 is 1.23 bits per heavy atom. The maximum atomic E-state index is 13.5. The van der Waals surface area contributed by atoms with Gasteiger partial charge >= 0.3 is 5.97 Å². The first-order chi connectivity index (χ1) is 12.5. The van der Waals surface area contributed by atoms with Crippen LogP contribution in [0.5, 0.6) is 0 Å². The zero-order chi connectivity index (χ0) is 18.7. The number of thioether (sulfide) groups is 1. The van der Waals surface area contributed by atoms with E-state index in [4.69, 9.17) is 4.74 Å². The SMILES string of the molecule is C[C@@H]1C(=O)Nc2ccc(C(=O)COC(=O)CSc3ccccc3F)cc21. The van der Waals surface area contributed by atoms with Crippen molar-refractivity contribution in [1.82, 2.24) is 0 Å². The topological polar surface area (TPSA) is 72.5 Å². The van der Waals surface area contributed by atoms with Crippen LogP contribution in [0.1, 0.15) is 28.8 Å². The van der Waals surface area contributed by atoms with E-state index in [0.29, 0.717) is 16.1 Å². The Labute approximate surface area is 153 Å². The highest BCUT2D eigenvalue weighted by atomic mass is 32.2. The second-order valence-electron chi connectivity index (χ2n) is 5.82. The van der Waals surface area contributed by atoms with Crippen molar-refractivity contribution in [3.63, 3.8) is 0 Å². The van der Waals surface area contributed by atoms with Crippen molar-refractivity contribution in [2.75, 3.05) is 17.7 Å². The molecule has 0 fully saturated rings. The summed E-state index contributed by atoms with van der Waals surface area (Å²) in [7, 11) is 0. The number of halogens is 1. The second kappa shape index (κ2) is 7.70. The molecule has 0 radical (unpaired) electrons. The molecular formula is C19H16FNO4S. The van der Waals surface area contributed by atoms with E-state index in [2.05, 4.69) is 5.32 Å². The third-order valence-corrected chi connectivity index (χ3v) is 5.06. The molecule has 7 heteroatoms. The number of ether oxygens (including phenoxy) is 1. The average Bonchev–Trinajstić information content (AvgIpc) is 2.92. The molecule has 1 aliphatic heterocycles. The Morgan fingerprint density at radius 3 is 2.77 bits per heavy atom. The number of ketones is 1. The maximum Gasteiger partial charge on any atom is 0.316 e. The van der Waals surface area contributed by atoms with Crippen molar-refractivity contribution in [1.29, 1.82) is 0 Å². The lowest BCUT2D eigenvalue weighted by atomic mass is 9.99. The molecule has 2 aromatic carbocycles. The first kappa shape index (κ1) is 18.1. The highest BCUT2D eigenvalue weighted by molar-refractivity contribution is 8.00. The van der Waals surface area contributed by atoms with Gasteiger partial charge in [0.1, 0.15) is 5.82 Å². The van der Waals surface area contributed by atoms with Gasteiger partial charge < -0.3 is 10.1 Å². The minimum atomic E-state index is -0.599. The van der Waals surface area contributed by atoms with Crippen LogP contribution in [-0.4, -0.2) is 30.0 Å². The number of carbonyl (C=O) groups excluding carboxylic acids is 3. The number of Topliss-reactive ketones (excluding diaryl/α,β-unsaturated/α-hetero) is 1. The zero-order valence-electron chi connectivity index (χ0n) is 14.0. The molecule has 3 rings (SSSR count). The van der Waals surface area contributed by atoms with E-state index in [1.807, 2.05) is 0 Å². The van der Waals surface area contributed by atoms with Gasteiger partial charge in [0, 0.05) is 16.1 Å². The molecule has 0 unspecified atom stereocenters. The lowest BCUT2D eigenvalue weighted by Gasteiger charge is -2.07. The average molecular weight is 373 g/mol. The predicted molar refractivity (Wildman–Crippen MR) is 95.9 cm³/mol. The highest BCUT2D eigenvalue weighted by Crippen LogP contribution is 2.32. The van der Waals surface area contributed by atoms with Crippen LogP contribution in [0.3, 0.4) is 0 Å². The predicted octanol–water partition coefficient (Wildman–Crippen LogP) is 3.40. The van der Waals surface area contributed by atoms with Crippen molar-refractivity contribution in [2.24, 2.45) is 0 Å². The third-order valence-electron chi connectivity index (χ3n) is 4.04. The molecule has 0 bridgehead atoms. The highest BCUT2D eigenvalue weighted by Gasteiger charge is 2.27. The van der Waals surface area contributed by atoms with E-state index >= 15 is 0 Å². The Balaban J connectivity index is 1.54. The maximum absolute atomic E-state index is 13.5. The number of amides is 1. The number of esters is 1. The zero-order valence-corrected chi connectivity index (χ0v) is 14.8. The molecule has 0 aliphatic carbocycles. The Kier molecular flexibility index (Phi) is 5.37. The van der Waals surface area contributed by atoms with Crippen LogP contribution in [0.4, 0.5) is 10.1 Å². The van der Waals surface area contributed by atoms with Gasteiger partial charge in [0.2, 0.25) is 5.91 Å². The number of fused-ring (bicyclic) bond motifs is 1. The molecule has 1 N–H and O–H groups in total. The number of nitrogens with one attached hydrogen (secondary N) is 1. The van der Waals surface area contributed by atoms with Gasteiger partial charge in [-0.25, -0.2) is 4.39 Å². The summed E-state index contributed by atoms with van der Waals surface area (Å²) >= 11 is 1.01. The molecule has 1 heterocycles. The molecule has 0 saturated carbocycles. The normalized spacial score (nSPS) is 15.3. The molecule has 26 heavy (non-hydrogen) atoms. The van der Waals surface area contributed by atoms with E-state index in [-0.39, 0.29) is 23.4 Å². The molecule has 0 saturated heterocycles. The van der Waals surface area contributed by atoms with Crippen LogP contribution >= 0.6 is 11.8 Å². The standard InChI is InChI=1S/C19H16FNO4S/c1-11-13-8-12(6-7-15(13)21-19(11)24)16(22)9-25-18(23)10-26-17-5-3-2-4-14(17)20/h2-8,11H,9-10H2,1H3,(H,21,24)/t11-/m0/s1. The van der Waals surface area contributed by atoms with E-state index in [1.54, 1.807) is 43.3 Å². The van der Waals surface area contributed by atoms with Crippen molar-refractivity contribution in [3.05, 3.63) is 59.4 Å². The summed E-state index contributed by atoms with van der Waals surface area (Å²) in [6.45, 7) is 1.36. The Hall–Kier alpha value is -2.67. The van der Waals surface area contributed by atoms with E-state index in [1.165, 1.54) is 6.07 Å². The summed E-state index contributed by atoms with van der Waals surface area (Å²) < 4.78 is 18.5. The van der Waals surface area contributed by atoms with Crippen molar-refractivity contribution in [3.8, 4) is 0 Å². The molecule has 1 aliphatic rings. The van der Waals surface area contributed by atoms with Crippen molar-refractivity contribution < 1.29 is 23.5 Å². The number of carbonyl (C=O) groups is 3. The summed E-state index contributed by atoms with van der Waals surface area (Å²) in [5, 5.41) is 2.73. The lowest BCUT2D eigenvalue weighted by Crippen LogP contribution is -2.15. The minimum absolute atomic E-state index is 0.0894. The van der Waals surface area contributed by atoms with Gasteiger partial charge in [-0.15, -0.1) is 11.8 Å². The van der Waals surface area contributed by atoms with Crippen molar-refractivity contribution in [2.45, 2.75) is 17.7 Å². The first-order valence-electron chi connectivity index (χ1n) is 7.96.